The van der Waals surface area contributed by atoms with Crippen LogP contribution in [-0.4, -0.2) is 33.0 Å². The van der Waals surface area contributed by atoms with Crippen LogP contribution in [0, 0.1) is 5.92 Å². The lowest BCUT2D eigenvalue weighted by molar-refractivity contribution is -0.115. The van der Waals surface area contributed by atoms with Crippen LogP contribution in [-0.2, 0) is 31.4 Å². The molecule has 0 radical (unpaired) electrons. The van der Waals surface area contributed by atoms with Crippen LogP contribution in [0.4, 0.5) is 5.69 Å². The maximum atomic E-state index is 13.3. The average molecular weight is 467 g/mol. The van der Waals surface area contributed by atoms with Gasteiger partial charge in [0.1, 0.15) is 5.69 Å². The molecule has 1 saturated heterocycles. The number of likely N-dealkylation sites (tertiary alicyclic amines) is 1. The molecule has 4 heterocycles. The minimum Gasteiger partial charge on any atom is -0.350 e. The zero-order valence-corrected chi connectivity index (χ0v) is 20.0. The van der Waals surface area contributed by atoms with Crippen molar-refractivity contribution in [3.8, 4) is 0 Å². The van der Waals surface area contributed by atoms with E-state index >= 15 is 0 Å². The van der Waals surface area contributed by atoms with Crippen molar-refractivity contribution in [3.63, 3.8) is 0 Å². The van der Waals surface area contributed by atoms with Crippen LogP contribution in [0.2, 0.25) is 0 Å². The molecule has 178 valence electrons. The molecule has 6 nitrogen and oxygen atoms in total. The first-order valence-electron chi connectivity index (χ1n) is 12.4. The molecule has 1 amide bonds. The molecule has 1 fully saturated rings. The van der Waals surface area contributed by atoms with Gasteiger partial charge in [-0.3, -0.25) is 14.5 Å². The Hall–Kier alpha value is -3.64. The molecule has 0 aliphatic carbocycles. The molecule has 6 rings (SSSR count). The number of aromatic nitrogens is 2. The van der Waals surface area contributed by atoms with Crippen LogP contribution in [0.15, 0.2) is 77.7 Å². The molecule has 2 aliphatic heterocycles. The van der Waals surface area contributed by atoms with Gasteiger partial charge >= 0.3 is 0 Å². The first-order chi connectivity index (χ1) is 17.0. The predicted molar refractivity (Wildman–Crippen MR) is 139 cm³/mol. The van der Waals surface area contributed by atoms with Gasteiger partial charge in [0.2, 0.25) is 5.91 Å². The molecule has 0 unspecified atom stereocenters. The van der Waals surface area contributed by atoms with Crippen LogP contribution in [0.25, 0.3) is 10.9 Å². The number of benzene rings is 2. The highest BCUT2D eigenvalue weighted by Crippen LogP contribution is 2.36. The van der Waals surface area contributed by atoms with E-state index < -0.39 is 0 Å². The zero-order valence-electron chi connectivity index (χ0n) is 20.0. The molecule has 0 spiro atoms. The summed E-state index contributed by atoms with van der Waals surface area (Å²) in [5.41, 5.74) is 4.94. The number of hydrogen-bond acceptors (Lipinski definition) is 3. The van der Waals surface area contributed by atoms with Crippen LogP contribution in [0.1, 0.15) is 29.2 Å². The van der Waals surface area contributed by atoms with Gasteiger partial charge in [0, 0.05) is 61.9 Å². The molecule has 0 saturated carbocycles. The van der Waals surface area contributed by atoms with E-state index in [2.05, 4.69) is 52.3 Å². The van der Waals surface area contributed by atoms with Crippen molar-refractivity contribution in [2.45, 2.75) is 31.8 Å². The third kappa shape index (κ3) is 4.19. The van der Waals surface area contributed by atoms with Crippen LogP contribution < -0.4 is 10.9 Å². The summed E-state index contributed by atoms with van der Waals surface area (Å²) >= 11 is 0. The number of nitrogens with one attached hydrogen (secondary N) is 1. The summed E-state index contributed by atoms with van der Waals surface area (Å²) in [5.74, 6) is 0.606. The maximum Gasteiger partial charge on any atom is 0.274 e. The molecule has 35 heavy (non-hydrogen) atoms. The Morgan fingerprint density at radius 3 is 2.63 bits per heavy atom. The third-order valence-electron chi connectivity index (χ3n) is 7.53. The summed E-state index contributed by atoms with van der Waals surface area (Å²) in [6, 6.07) is 22.0. The van der Waals surface area contributed by atoms with Crippen LogP contribution >= 0.6 is 0 Å². The Balaban J connectivity index is 1.19. The lowest BCUT2D eigenvalue weighted by atomic mass is 9.83. The Labute approximate surface area is 204 Å². The van der Waals surface area contributed by atoms with Gasteiger partial charge in [-0.05, 0) is 41.7 Å². The first kappa shape index (κ1) is 21.9. The summed E-state index contributed by atoms with van der Waals surface area (Å²) in [7, 11) is 2.11. The fourth-order valence-electron chi connectivity index (χ4n) is 6.04. The molecule has 1 N–H and O–H groups in total. The van der Waals surface area contributed by atoms with Gasteiger partial charge in [-0.15, -0.1) is 0 Å². The second-order valence-electron chi connectivity index (χ2n) is 10.1. The third-order valence-corrected chi connectivity index (χ3v) is 7.53. The van der Waals surface area contributed by atoms with E-state index in [9.17, 15) is 9.59 Å². The summed E-state index contributed by atoms with van der Waals surface area (Å²) < 4.78 is 4.12. The number of anilines is 1. The quantitative estimate of drug-likeness (QED) is 0.481. The average Bonchev–Trinajstić information content (AvgIpc) is 3.17. The number of rotatable bonds is 5. The van der Waals surface area contributed by atoms with Crippen LogP contribution in [0.5, 0.6) is 0 Å². The first-order valence-corrected chi connectivity index (χ1v) is 12.4. The van der Waals surface area contributed by atoms with E-state index in [1.807, 2.05) is 41.0 Å². The van der Waals surface area contributed by atoms with Gasteiger partial charge in [0.25, 0.3) is 5.56 Å². The fourth-order valence-corrected chi connectivity index (χ4v) is 6.04. The molecule has 2 aliphatic rings. The van der Waals surface area contributed by atoms with Crippen molar-refractivity contribution < 1.29 is 4.79 Å². The smallest absolute Gasteiger partial charge is 0.274 e. The highest BCUT2D eigenvalue weighted by molar-refractivity contribution is 5.92. The van der Waals surface area contributed by atoms with Gasteiger partial charge in [-0.25, -0.2) is 0 Å². The zero-order chi connectivity index (χ0) is 23.9. The van der Waals surface area contributed by atoms with E-state index in [1.165, 1.54) is 16.5 Å². The second kappa shape index (κ2) is 8.86. The summed E-state index contributed by atoms with van der Waals surface area (Å²) in [6.07, 6.45) is 3.62. The molecule has 6 heteroatoms. The molecule has 2 atom stereocenters. The van der Waals surface area contributed by atoms with E-state index in [1.54, 1.807) is 6.07 Å². The summed E-state index contributed by atoms with van der Waals surface area (Å²) in [6.45, 7) is 3.56. The number of carbonyl (C=O) groups is 1. The highest BCUT2D eigenvalue weighted by Gasteiger charge is 2.35. The summed E-state index contributed by atoms with van der Waals surface area (Å²) in [4.78, 5) is 28.4. The lowest BCUT2D eigenvalue weighted by Crippen LogP contribution is -2.47. The van der Waals surface area contributed by atoms with Crippen LogP contribution in [0.3, 0.4) is 0 Å². The molecule has 2 bridgehead atoms. The van der Waals surface area contributed by atoms with Gasteiger partial charge in [0.15, 0.2) is 0 Å². The van der Waals surface area contributed by atoms with Crippen molar-refractivity contribution in [1.29, 1.82) is 0 Å². The number of amides is 1. The topological polar surface area (TPSA) is 59.3 Å². The number of nitrogens with zero attached hydrogens (tertiary/aromatic N) is 3. The SMILES string of the molecule is Cn1cc(CN2C[C@@H]3C[C@H](C2)c2ccc(NC(=O)Cc4ccccc4)c(=O)n2C3)c2ccccc21. The minimum atomic E-state index is -0.161. The monoisotopic (exact) mass is 466 g/mol. The largest absolute Gasteiger partial charge is 0.350 e. The number of aryl methyl sites for hydroxylation is 1. The highest BCUT2D eigenvalue weighted by atomic mass is 16.2. The Bertz CT molecular complexity index is 1450. The Morgan fingerprint density at radius 1 is 0.971 bits per heavy atom. The van der Waals surface area contributed by atoms with Crippen molar-refractivity contribution >= 4 is 22.5 Å². The molecule has 2 aromatic carbocycles. The lowest BCUT2D eigenvalue weighted by Gasteiger charge is -2.43. The number of piperidine rings is 1. The molecular formula is C29H30N4O2. The molecule has 4 aromatic rings. The van der Waals surface area contributed by atoms with Crippen molar-refractivity contribution in [3.05, 3.63) is 100 Å². The summed E-state index contributed by atoms with van der Waals surface area (Å²) in [5, 5.41) is 4.17. The Morgan fingerprint density at radius 2 is 1.77 bits per heavy atom. The second-order valence-corrected chi connectivity index (χ2v) is 10.1. The number of carbonyl (C=O) groups excluding carboxylic acids is 1. The van der Waals surface area contributed by atoms with E-state index in [0.29, 0.717) is 24.1 Å². The van der Waals surface area contributed by atoms with Gasteiger partial charge in [-0.2, -0.15) is 0 Å². The Kier molecular flexibility index (Phi) is 5.53. The molecule has 2 aromatic heterocycles. The van der Waals surface area contributed by atoms with Gasteiger partial charge in [-0.1, -0.05) is 48.5 Å². The van der Waals surface area contributed by atoms with Crippen molar-refractivity contribution in [2.75, 3.05) is 18.4 Å². The minimum absolute atomic E-state index is 0.0823. The normalized spacial score (nSPS) is 19.5. The number of pyridine rings is 1. The predicted octanol–water partition coefficient (Wildman–Crippen LogP) is 4.14. The maximum absolute atomic E-state index is 13.3. The van der Waals surface area contributed by atoms with Gasteiger partial charge in [0.05, 0.1) is 6.42 Å². The number of fused-ring (bicyclic) bond motifs is 5. The van der Waals surface area contributed by atoms with E-state index in [-0.39, 0.29) is 17.9 Å². The van der Waals surface area contributed by atoms with E-state index in [4.69, 9.17) is 0 Å². The molecular weight excluding hydrogens is 436 g/mol. The number of hydrogen-bond donors (Lipinski definition) is 1. The van der Waals surface area contributed by atoms with Crippen molar-refractivity contribution in [2.24, 2.45) is 13.0 Å². The standard InChI is InChI=1S/C29H30N4O2/c1-31-17-23(24-9-5-6-10-27(24)31)19-32-15-21-13-22(18-32)26-12-11-25(29(35)33(26)16-21)30-28(34)14-20-7-3-2-4-8-20/h2-12,17,21-22H,13-16,18-19H2,1H3,(H,30,34)/t21-,22+/m0/s1. The number of para-hydroxylation sites is 1. The van der Waals surface area contributed by atoms with Crippen molar-refractivity contribution in [1.82, 2.24) is 14.0 Å². The van der Waals surface area contributed by atoms with Gasteiger partial charge < -0.3 is 14.5 Å². The fraction of sp³-hybridized carbons (Fsp3) is 0.310. The van der Waals surface area contributed by atoms with E-state index in [0.717, 1.165) is 37.3 Å².